The van der Waals surface area contributed by atoms with Crippen LogP contribution in [0.25, 0.3) is 10.9 Å². The zero-order chi connectivity index (χ0) is 24.5. The molecule has 34 heavy (non-hydrogen) atoms. The molecule has 1 fully saturated rings. The summed E-state index contributed by atoms with van der Waals surface area (Å²) in [7, 11) is -0.0684. The van der Waals surface area contributed by atoms with Crippen LogP contribution in [-0.4, -0.2) is 55.3 Å². The number of aromatic nitrogens is 2. The van der Waals surface area contributed by atoms with Crippen LogP contribution in [-0.2, 0) is 10.0 Å². The van der Waals surface area contributed by atoms with Crippen LogP contribution in [0.15, 0.2) is 36.7 Å². The summed E-state index contributed by atoms with van der Waals surface area (Å²) in [4.78, 5) is 8.58. The lowest BCUT2D eigenvalue weighted by Gasteiger charge is -2.33. The van der Waals surface area contributed by atoms with Crippen LogP contribution in [0.3, 0.4) is 0 Å². The number of anilines is 2. The molecule has 0 radical (unpaired) electrons. The van der Waals surface area contributed by atoms with Gasteiger partial charge in [0.25, 0.3) is 0 Å². The highest BCUT2D eigenvalue weighted by Crippen LogP contribution is 2.37. The molecule has 0 amide bonds. The second-order valence-corrected chi connectivity index (χ2v) is 10.7. The monoisotopic (exact) mass is 508 g/mol. The minimum atomic E-state index is -3.23. The molecule has 1 saturated carbocycles. The van der Waals surface area contributed by atoms with E-state index >= 15 is 0 Å². The highest BCUT2D eigenvalue weighted by molar-refractivity contribution is 7.88. The highest BCUT2D eigenvalue weighted by atomic mass is 35.5. The van der Waals surface area contributed by atoms with Crippen molar-refractivity contribution in [3.63, 3.8) is 0 Å². The van der Waals surface area contributed by atoms with Gasteiger partial charge >= 0.3 is 0 Å². The van der Waals surface area contributed by atoms with Gasteiger partial charge in [-0.05, 0) is 43.9 Å². The normalized spacial score (nSPS) is 18.8. The van der Waals surface area contributed by atoms with Crippen molar-refractivity contribution in [1.82, 2.24) is 14.3 Å². The second-order valence-electron chi connectivity index (χ2n) is 8.30. The molecular weight excluding hydrogens is 483 g/mol. The number of ether oxygens (including phenoxy) is 2. The largest absolute Gasteiger partial charge is 0.493 e. The fourth-order valence-electron chi connectivity index (χ4n) is 4.12. The predicted octanol–water partition coefficient (Wildman–Crippen LogP) is 4.76. The fourth-order valence-corrected chi connectivity index (χ4v) is 5.05. The Hall–Kier alpha value is -2.69. The number of hydrogen-bond donors (Lipinski definition) is 1. The van der Waals surface area contributed by atoms with E-state index in [1.165, 1.54) is 23.0 Å². The molecule has 8 nitrogen and oxygen atoms in total. The molecule has 1 heterocycles. The van der Waals surface area contributed by atoms with Gasteiger partial charge in [0.15, 0.2) is 17.3 Å². The molecule has 0 saturated heterocycles. The Labute approximate surface area is 203 Å². The zero-order valence-electron chi connectivity index (χ0n) is 19.1. The Balaban J connectivity index is 1.58. The quantitative estimate of drug-likeness (QED) is 0.492. The van der Waals surface area contributed by atoms with Gasteiger partial charge in [0.1, 0.15) is 12.1 Å². The first-order valence-corrected chi connectivity index (χ1v) is 13.0. The Morgan fingerprint density at radius 2 is 1.88 bits per heavy atom. The first kappa shape index (κ1) is 24.4. The van der Waals surface area contributed by atoms with E-state index in [1.807, 2.05) is 0 Å². The summed E-state index contributed by atoms with van der Waals surface area (Å²) in [6.07, 6.45) is 5.32. The molecule has 0 spiro atoms. The summed E-state index contributed by atoms with van der Waals surface area (Å²) >= 11 is 5.91. The molecule has 4 rings (SSSR count). The Morgan fingerprint density at radius 3 is 2.56 bits per heavy atom. The molecule has 0 unspecified atom stereocenters. The minimum Gasteiger partial charge on any atom is -0.493 e. The third-order valence-electron chi connectivity index (χ3n) is 6.10. The van der Waals surface area contributed by atoms with Gasteiger partial charge in [0.05, 0.1) is 35.7 Å². The van der Waals surface area contributed by atoms with Crippen molar-refractivity contribution in [1.29, 1.82) is 0 Å². The second kappa shape index (κ2) is 9.89. The first-order chi connectivity index (χ1) is 16.2. The van der Waals surface area contributed by atoms with E-state index in [9.17, 15) is 12.8 Å². The number of methoxy groups -OCH3 is 1. The number of nitrogens with one attached hydrogen (secondary N) is 1. The first-order valence-electron chi connectivity index (χ1n) is 10.8. The van der Waals surface area contributed by atoms with Crippen LogP contribution in [0.4, 0.5) is 15.9 Å². The van der Waals surface area contributed by atoms with Crippen LogP contribution in [0.2, 0.25) is 5.02 Å². The molecule has 182 valence electrons. The third-order valence-corrected chi connectivity index (χ3v) is 7.74. The maximum Gasteiger partial charge on any atom is 0.211 e. The fraction of sp³-hybridized carbons (Fsp3) is 0.391. The number of fused-ring (bicyclic) bond motifs is 1. The van der Waals surface area contributed by atoms with Crippen molar-refractivity contribution >= 4 is 44.0 Å². The van der Waals surface area contributed by atoms with Crippen LogP contribution < -0.4 is 14.8 Å². The number of rotatable bonds is 7. The van der Waals surface area contributed by atoms with Gasteiger partial charge in [0, 0.05) is 24.5 Å². The number of nitrogens with zero attached hydrogens (tertiary/aromatic N) is 3. The van der Waals surface area contributed by atoms with Crippen molar-refractivity contribution in [2.45, 2.75) is 37.8 Å². The third kappa shape index (κ3) is 5.18. The summed E-state index contributed by atoms with van der Waals surface area (Å²) in [5, 5.41) is 3.62. The lowest BCUT2D eigenvalue weighted by Crippen LogP contribution is -2.40. The molecule has 0 atom stereocenters. The van der Waals surface area contributed by atoms with Crippen LogP contribution in [0.5, 0.6) is 11.5 Å². The van der Waals surface area contributed by atoms with E-state index in [0.29, 0.717) is 53.9 Å². The van der Waals surface area contributed by atoms with Gasteiger partial charge in [-0.25, -0.2) is 27.1 Å². The smallest absolute Gasteiger partial charge is 0.211 e. The molecule has 1 aliphatic rings. The molecule has 0 aliphatic heterocycles. The molecule has 3 aromatic rings. The summed E-state index contributed by atoms with van der Waals surface area (Å²) in [5.41, 5.74) is 0.793. The number of sulfonamides is 1. The van der Waals surface area contributed by atoms with Crippen LogP contribution in [0.1, 0.15) is 25.7 Å². The van der Waals surface area contributed by atoms with Gasteiger partial charge < -0.3 is 14.8 Å². The molecule has 11 heteroatoms. The van der Waals surface area contributed by atoms with E-state index in [4.69, 9.17) is 21.1 Å². The lowest BCUT2D eigenvalue weighted by atomic mass is 9.93. The van der Waals surface area contributed by atoms with E-state index in [-0.39, 0.29) is 22.9 Å². The standard InChI is InChI=1S/C23H26ClFN4O4S/c1-29(34(3,30)31)14-7-9-15(10-8-14)33-21-11-16-19(12-20(21)32-2)26-13-27-23(16)28-18-6-4-5-17(24)22(18)25/h4-6,11-15H,7-10H2,1-3H3,(H,26,27,28)/t14-,15-. The van der Waals surface area contributed by atoms with Gasteiger partial charge in [-0.1, -0.05) is 17.7 Å². The SMILES string of the molecule is COc1cc2ncnc(Nc3cccc(Cl)c3F)c2cc1O[C@H]1CC[C@H](N(C)S(C)(=O)=O)CC1. The Morgan fingerprint density at radius 1 is 1.15 bits per heavy atom. The van der Waals surface area contributed by atoms with Crippen molar-refractivity contribution in [2.24, 2.45) is 0 Å². The zero-order valence-corrected chi connectivity index (χ0v) is 20.7. The van der Waals surface area contributed by atoms with Gasteiger partial charge in [-0.2, -0.15) is 0 Å². The number of halogens is 2. The predicted molar refractivity (Wildman–Crippen MR) is 130 cm³/mol. The summed E-state index contributed by atoms with van der Waals surface area (Å²) < 4.78 is 51.4. The number of hydrogen-bond acceptors (Lipinski definition) is 7. The molecule has 1 aliphatic carbocycles. The summed E-state index contributed by atoms with van der Waals surface area (Å²) in [6.45, 7) is 0. The van der Waals surface area contributed by atoms with Gasteiger partial charge in [0.2, 0.25) is 10.0 Å². The van der Waals surface area contributed by atoms with Crippen LogP contribution >= 0.6 is 11.6 Å². The van der Waals surface area contributed by atoms with Crippen molar-refractivity contribution in [2.75, 3.05) is 25.7 Å². The average Bonchev–Trinajstić information content (AvgIpc) is 2.81. The van der Waals surface area contributed by atoms with E-state index < -0.39 is 15.8 Å². The van der Waals surface area contributed by atoms with Crippen molar-refractivity contribution in [3.05, 3.63) is 47.5 Å². The van der Waals surface area contributed by atoms with E-state index in [2.05, 4.69) is 15.3 Å². The van der Waals surface area contributed by atoms with E-state index in [0.717, 1.165) is 0 Å². The number of benzene rings is 2. The van der Waals surface area contributed by atoms with Crippen molar-refractivity contribution < 1.29 is 22.3 Å². The topological polar surface area (TPSA) is 93.7 Å². The maximum atomic E-state index is 14.4. The molecule has 1 aromatic heterocycles. The van der Waals surface area contributed by atoms with Crippen LogP contribution in [0, 0.1) is 5.82 Å². The average molecular weight is 509 g/mol. The van der Waals surface area contributed by atoms with E-state index in [1.54, 1.807) is 38.4 Å². The molecule has 2 aromatic carbocycles. The maximum absolute atomic E-state index is 14.4. The van der Waals surface area contributed by atoms with Gasteiger partial charge in [-0.3, -0.25) is 0 Å². The lowest BCUT2D eigenvalue weighted by molar-refractivity contribution is 0.122. The highest BCUT2D eigenvalue weighted by Gasteiger charge is 2.29. The molecular formula is C23H26ClFN4O4S. The van der Waals surface area contributed by atoms with Gasteiger partial charge in [-0.15, -0.1) is 0 Å². The Bertz CT molecular complexity index is 1300. The Kier molecular flexibility index (Phi) is 7.11. The molecule has 0 bridgehead atoms. The summed E-state index contributed by atoms with van der Waals surface area (Å²) in [5.74, 6) is 0.856. The van der Waals surface area contributed by atoms with Crippen molar-refractivity contribution in [3.8, 4) is 11.5 Å². The molecule has 1 N–H and O–H groups in total. The summed E-state index contributed by atoms with van der Waals surface area (Å²) in [6, 6.07) is 8.17. The minimum absolute atomic E-state index is 0.00572.